The van der Waals surface area contributed by atoms with Crippen LogP contribution < -0.4 is 0 Å². The molecular formula is C16H17N3O3. The average molecular weight is 299 g/mol. The van der Waals surface area contributed by atoms with Crippen molar-refractivity contribution in [2.75, 3.05) is 19.8 Å². The normalized spacial score (nSPS) is 20.6. The molecule has 0 radical (unpaired) electrons. The van der Waals surface area contributed by atoms with Crippen molar-refractivity contribution in [3.05, 3.63) is 47.1 Å². The smallest absolute Gasteiger partial charge is 0.254 e. The highest BCUT2D eigenvalue weighted by atomic mass is 16.5. The zero-order chi connectivity index (χ0) is 14.9. The molecule has 4 rings (SSSR count). The SMILES string of the molecule is O=C1c2ccccc2CN1CCc1nc(C2CCOC2)no1. The third-order valence-corrected chi connectivity index (χ3v) is 4.27. The number of fused-ring (bicyclic) bond motifs is 1. The lowest BCUT2D eigenvalue weighted by Crippen LogP contribution is -2.26. The molecule has 0 N–H and O–H groups in total. The molecule has 0 spiro atoms. The van der Waals surface area contributed by atoms with Crippen LogP contribution in [0, 0.1) is 0 Å². The van der Waals surface area contributed by atoms with Gasteiger partial charge in [-0.25, -0.2) is 0 Å². The van der Waals surface area contributed by atoms with Crippen LogP contribution in [0.5, 0.6) is 0 Å². The van der Waals surface area contributed by atoms with Crippen LogP contribution in [0.3, 0.4) is 0 Å². The fourth-order valence-corrected chi connectivity index (χ4v) is 3.00. The highest BCUT2D eigenvalue weighted by Gasteiger charge is 2.27. The quantitative estimate of drug-likeness (QED) is 0.860. The van der Waals surface area contributed by atoms with E-state index in [1.54, 1.807) is 0 Å². The van der Waals surface area contributed by atoms with Crippen LogP contribution >= 0.6 is 0 Å². The Morgan fingerprint density at radius 3 is 3.05 bits per heavy atom. The summed E-state index contributed by atoms with van der Waals surface area (Å²) in [5.41, 5.74) is 1.89. The second-order valence-corrected chi connectivity index (χ2v) is 5.74. The van der Waals surface area contributed by atoms with Crippen molar-refractivity contribution >= 4 is 5.91 Å². The number of benzene rings is 1. The molecule has 2 aliphatic rings. The lowest BCUT2D eigenvalue weighted by molar-refractivity contribution is 0.0777. The zero-order valence-electron chi connectivity index (χ0n) is 12.2. The van der Waals surface area contributed by atoms with E-state index in [0.29, 0.717) is 32.0 Å². The standard InChI is InChI=1S/C16H17N3O3/c20-16-13-4-2-1-3-11(13)9-19(16)7-5-14-17-15(18-22-14)12-6-8-21-10-12/h1-4,12H,5-10H2. The molecule has 1 atom stereocenters. The number of carbonyl (C=O) groups is 1. The van der Waals surface area contributed by atoms with Gasteiger partial charge in [-0.1, -0.05) is 23.4 Å². The molecule has 2 aromatic rings. The van der Waals surface area contributed by atoms with Gasteiger partial charge in [0, 0.05) is 37.6 Å². The summed E-state index contributed by atoms with van der Waals surface area (Å²) >= 11 is 0. The molecule has 6 nitrogen and oxygen atoms in total. The van der Waals surface area contributed by atoms with E-state index in [1.165, 1.54) is 0 Å². The summed E-state index contributed by atoms with van der Waals surface area (Å²) < 4.78 is 10.6. The molecule has 3 heterocycles. The third kappa shape index (κ3) is 2.39. The van der Waals surface area contributed by atoms with Gasteiger partial charge in [-0.3, -0.25) is 4.79 Å². The molecule has 0 aliphatic carbocycles. The van der Waals surface area contributed by atoms with Crippen molar-refractivity contribution < 1.29 is 14.1 Å². The minimum atomic E-state index is 0.0829. The largest absolute Gasteiger partial charge is 0.381 e. The van der Waals surface area contributed by atoms with Crippen LogP contribution in [-0.2, 0) is 17.7 Å². The van der Waals surface area contributed by atoms with Gasteiger partial charge < -0.3 is 14.2 Å². The Balaban J connectivity index is 1.39. The Kier molecular flexibility index (Phi) is 3.38. The number of hydrogen-bond donors (Lipinski definition) is 0. The van der Waals surface area contributed by atoms with E-state index in [0.717, 1.165) is 30.0 Å². The van der Waals surface area contributed by atoms with Gasteiger partial charge in [0.25, 0.3) is 5.91 Å². The van der Waals surface area contributed by atoms with Crippen LogP contribution in [-0.4, -0.2) is 40.7 Å². The second kappa shape index (κ2) is 5.53. The first-order valence-corrected chi connectivity index (χ1v) is 7.58. The predicted molar refractivity (Wildman–Crippen MR) is 77.4 cm³/mol. The van der Waals surface area contributed by atoms with Gasteiger partial charge in [0.1, 0.15) is 0 Å². The summed E-state index contributed by atoms with van der Waals surface area (Å²) in [7, 11) is 0. The van der Waals surface area contributed by atoms with Crippen molar-refractivity contribution in [2.24, 2.45) is 0 Å². The van der Waals surface area contributed by atoms with E-state index in [9.17, 15) is 4.79 Å². The molecule has 1 saturated heterocycles. The topological polar surface area (TPSA) is 68.5 Å². The van der Waals surface area contributed by atoms with E-state index < -0.39 is 0 Å². The van der Waals surface area contributed by atoms with Gasteiger partial charge in [-0.2, -0.15) is 4.98 Å². The highest BCUT2D eigenvalue weighted by Crippen LogP contribution is 2.24. The van der Waals surface area contributed by atoms with E-state index in [4.69, 9.17) is 9.26 Å². The first kappa shape index (κ1) is 13.5. The first-order chi connectivity index (χ1) is 10.8. The number of amides is 1. The molecule has 1 unspecified atom stereocenters. The maximum absolute atomic E-state index is 12.3. The minimum absolute atomic E-state index is 0.0829. The molecule has 0 saturated carbocycles. The van der Waals surface area contributed by atoms with Crippen LogP contribution in [0.15, 0.2) is 28.8 Å². The molecule has 114 valence electrons. The monoisotopic (exact) mass is 299 g/mol. The van der Waals surface area contributed by atoms with Gasteiger partial charge >= 0.3 is 0 Å². The zero-order valence-corrected chi connectivity index (χ0v) is 12.2. The summed E-state index contributed by atoms with van der Waals surface area (Å²) in [4.78, 5) is 18.5. The summed E-state index contributed by atoms with van der Waals surface area (Å²) in [5.74, 6) is 1.64. The second-order valence-electron chi connectivity index (χ2n) is 5.74. The Morgan fingerprint density at radius 2 is 2.23 bits per heavy atom. The first-order valence-electron chi connectivity index (χ1n) is 7.58. The van der Waals surface area contributed by atoms with E-state index in [1.807, 2.05) is 29.2 Å². The maximum atomic E-state index is 12.3. The van der Waals surface area contributed by atoms with Gasteiger partial charge in [0.15, 0.2) is 5.82 Å². The maximum Gasteiger partial charge on any atom is 0.254 e. The van der Waals surface area contributed by atoms with Crippen LogP contribution in [0.25, 0.3) is 0 Å². The molecular weight excluding hydrogens is 282 g/mol. The fraction of sp³-hybridized carbons (Fsp3) is 0.438. The van der Waals surface area contributed by atoms with Gasteiger partial charge in [0.05, 0.1) is 6.61 Å². The van der Waals surface area contributed by atoms with Crippen LogP contribution in [0.4, 0.5) is 0 Å². The lowest BCUT2D eigenvalue weighted by Gasteiger charge is -2.13. The summed E-state index contributed by atoms with van der Waals surface area (Å²) in [6, 6.07) is 7.73. The van der Waals surface area contributed by atoms with Crippen LogP contribution in [0.2, 0.25) is 0 Å². The van der Waals surface area contributed by atoms with Gasteiger partial charge in [0.2, 0.25) is 5.89 Å². The number of hydrogen-bond acceptors (Lipinski definition) is 5. The summed E-state index contributed by atoms with van der Waals surface area (Å²) in [6.07, 6.45) is 1.53. The molecule has 1 aromatic heterocycles. The summed E-state index contributed by atoms with van der Waals surface area (Å²) in [5, 5.41) is 4.03. The van der Waals surface area contributed by atoms with E-state index in [2.05, 4.69) is 10.1 Å². The third-order valence-electron chi connectivity index (χ3n) is 4.27. The van der Waals surface area contributed by atoms with Gasteiger partial charge in [-0.15, -0.1) is 0 Å². The molecule has 2 aliphatic heterocycles. The molecule has 1 amide bonds. The Bertz CT molecular complexity index is 691. The number of nitrogens with zero attached hydrogens (tertiary/aromatic N) is 3. The van der Waals surface area contributed by atoms with Crippen molar-refractivity contribution in [3.63, 3.8) is 0 Å². The minimum Gasteiger partial charge on any atom is -0.381 e. The number of aromatic nitrogens is 2. The van der Waals surface area contributed by atoms with Crippen molar-refractivity contribution in [3.8, 4) is 0 Å². The number of ether oxygens (including phenoxy) is 1. The predicted octanol–water partition coefficient (Wildman–Crippen LogP) is 1.77. The number of rotatable bonds is 4. The van der Waals surface area contributed by atoms with E-state index >= 15 is 0 Å². The molecule has 0 bridgehead atoms. The molecule has 6 heteroatoms. The van der Waals surface area contributed by atoms with Crippen molar-refractivity contribution in [1.82, 2.24) is 15.0 Å². The summed E-state index contributed by atoms with van der Waals surface area (Å²) in [6.45, 7) is 2.68. The van der Waals surface area contributed by atoms with Crippen molar-refractivity contribution in [1.29, 1.82) is 0 Å². The Labute approximate surface area is 128 Å². The van der Waals surface area contributed by atoms with Crippen LogP contribution in [0.1, 0.15) is 40.0 Å². The van der Waals surface area contributed by atoms with E-state index in [-0.39, 0.29) is 11.8 Å². The fourth-order valence-electron chi connectivity index (χ4n) is 3.00. The molecule has 22 heavy (non-hydrogen) atoms. The highest BCUT2D eigenvalue weighted by molar-refractivity contribution is 5.98. The average Bonchev–Trinajstić information content (AvgIpc) is 3.26. The Morgan fingerprint density at radius 1 is 1.32 bits per heavy atom. The molecule has 1 fully saturated rings. The number of carbonyl (C=O) groups excluding carboxylic acids is 1. The van der Waals surface area contributed by atoms with Gasteiger partial charge in [-0.05, 0) is 18.1 Å². The molecule has 1 aromatic carbocycles. The van der Waals surface area contributed by atoms with Crippen molar-refractivity contribution in [2.45, 2.75) is 25.3 Å². The lowest BCUT2D eigenvalue weighted by atomic mass is 10.1. The Hall–Kier alpha value is -2.21.